The van der Waals surface area contributed by atoms with Gasteiger partial charge in [0, 0.05) is 23.5 Å². The lowest BCUT2D eigenvalue weighted by Gasteiger charge is -2.34. The summed E-state index contributed by atoms with van der Waals surface area (Å²) < 4.78 is 0. The van der Waals surface area contributed by atoms with Crippen molar-refractivity contribution in [3.63, 3.8) is 0 Å². The van der Waals surface area contributed by atoms with Crippen molar-refractivity contribution in [3.8, 4) is 0 Å². The van der Waals surface area contributed by atoms with Crippen LogP contribution in [-0.4, -0.2) is 11.7 Å². The third-order valence-corrected chi connectivity index (χ3v) is 5.90. The molecule has 5 atom stereocenters. The number of carbonyl (C=O) groups is 1. The van der Waals surface area contributed by atoms with Gasteiger partial charge in [0.15, 0.2) is 0 Å². The first-order valence-electron chi connectivity index (χ1n) is 8.58. The molecule has 3 rings (SSSR count). The summed E-state index contributed by atoms with van der Waals surface area (Å²) in [6.07, 6.45) is 12.9. The number of fused-ring (bicyclic) bond motifs is 2. The van der Waals surface area contributed by atoms with Crippen molar-refractivity contribution in [3.05, 3.63) is 23.8 Å². The molecule has 0 bridgehead atoms. The maximum absolute atomic E-state index is 11.2. The molecule has 4 nitrogen and oxygen atoms in total. The molecule has 22 heavy (non-hydrogen) atoms. The molecule has 0 aromatic heterocycles. The van der Waals surface area contributed by atoms with Gasteiger partial charge in [0.1, 0.15) is 0 Å². The molecule has 3 aliphatic carbocycles. The highest BCUT2D eigenvalue weighted by Gasteiger charge is 2.44. The van der Waals surface area contributed by atoms with Crippen LogP contribution in [0.1, 0.15) is 46.0 Å². The second-order valence-corrected chi connectivity index (χ2v) is 7.02. The normalized spacial score (nSPS) is 38.9. The number of primary amides is 1. The van der Waals surface area contributed by atoms with Gasteiger partial charge in [-0.05, 0) is 44.4 Å². The summed E-state index contributed by atoms with van der Waals surface area (Å²) >= 11 is 0. The van der Waals surface area contributed by atoms with E-state index in [9.17, 15) is 4.79 Å². The van der Waals surface area contributed by atoms with Crippen LogP contribution in [0.3, 0.4) is 0 Å². The van der Waals surface area contributed by atoms with E-state index in [4.69, 9.17) is 5.73 Å². The van der Waals surface area contributed by atoms with Crippen molar-refractivity contribution in [1.29, 1.82) is 0 Å². The first-order valence-corrected chi connectivity index (χ1v) is 8.58. The molecule has 1 saturated carbocycles. The molecule has 0 unspecified atom stereocenters. The molecule has 0 heterocycles. The lowest BCUT2D eigenvalue weighted by atomic mass is 9.71. The van der Waals surface area contributed by atoms with Gasteiger partial charge in [-0.3, -0.25) is 0 Å². The van der Waals surface area contributed by atoms with Crippen molar-refractivity contribution in [2.45, 2.75) is 46.0 Å². The molecule has 1 fully saturated rings. The summed E-state index contributed by atoms with van der Waals surface area (Å²) in [5.41, 5.74) is 10.4. The van der Waals surface area contributed by atoms with E-state index in [2.05, 4.69) is 42.6 Å². The van der Waals surface area contributed by atoms with Crippen LogP contribution in [0, 0.1) is 29.6 Å². The molecular weight excluding hydrogens is 274 g/mol. The summed E-state index contributed by atoms with van der Waals surface area (Å²) in [6.45, 7) is 4.51. The Hall–Kier alpha value is -1.58. The lowest BCUT2D eigenvalue weighted by Crippen LogP contribution is -2.37. The topological polar surface area (TPSA) is 67.5 Å². The minimum Gasteiger partial charge on any atom is -0.350 e. The van der Waals surface area contributed by atoms with Gasteiger partial charge in [-0.15, -0.1) is 0 Å². The Morgan fingerprint density at radius 2 is 2.23 bits per heavy atom. The van der Waals surface area contributed by atoms with E-state index in [0.717, 1.165) is 12.8 Å². The largest absolute Gasteiger partial charge is 0.350 e. The number of urea groups is 1. The predicted molar refractivity (Wildman–Crippen MR) is 89.3 cm³/mol. The van der Waals surface area contributed by atoms with Gasteiger partial charge in [0.2, 0.25) is 0 Å². The van der Waals surface area contributed by atoms with Crippen molar-refractivity contribution >= 4 is 11.7 Å². The summed E-state index contributed by atoms with van der Waals surface area (Å²) in [6, 6.07) is -0.563. The number of amides is 2. The van der Waals surface area contributed by atoms with Gasteiger partial charge >= 0.3 is 6.03 Å². The molecule has 0 spiro atoms. The number of nitrogens with zero attached hydrogens (tertiary/aromatic N) is 1. The standard InChI is InChI=1S/C18H27N3O/c1-3-12-9-10-13-8-7-11(2)14-5-4-6-15(14)17(16(12)13)20-21-18(19)22/h4-5,7,12-16H,3,6,8-10H2,1-2H3,(H3,19,21,22)/b11-7?,20-17-/t12-,13+,14+,15+,16-/m0/s1. The van der Waals surface area contributed by atoms with Crippen LogP contribution in [0.25, 0.3) is 0 Å². The Labute approximate surface area is 132 Å². The van der Waals surface area contributed by atoms with E-state index in [1.54, 1.807) is 0 Å². The van der Waals surface area contributed by atoms with Crippen LogP contribution in [0.2, 0.25) is 0 Å². The predicted octanol–water partition coefficient (Wildman–Crippen LogP) is 3.61. The summed E-state index contributed by atoms with van der Waals surface area (Å²) in [5.74, 6) is 2.67. The van der Waals surface area contributed by atoms with Crippen molar-refractivity contribution < 1.29 is 4.79 Å². The average molecular weight is 301 g/mol. The molecule has 0 aromatic carbocycles. The maximum atomic E-state index is 11.2. The molecule has 0 aromatic rings. The number of hydrogen-bond donors (Lipinski definition) is 2. The quantitative estimate of drug-likeness (QED) is 0.594. The molecule has 2 amide bonds. The summed E-state index contributed by atoms with van der Waals surface area (Å²) in [5, 5.41) is 4.53. The van der Waals surface area contributed by atoms with E-state index in [-0.39, 0.29) is 0 Å². The Morgan fingerprint density at radius 1 is 1.41 bits per heavy atom. The van der Waals surface area contributed by atoms with E-state index in [1.165, 1.54) is 30.5 Å². The van der Waals surface area contributed by atoms with Crippen LogP contribution in [0.4, 0.5) is 4.79 Å². The highest BCUT2D eigenvalue weighted by molar-refractivity contribution is 5.92. The van der Waals surface area contributed by atoms with Crippen molar-refractivity contribution in [2.24, 2.45) is 40.4 Å². The average Bonchev–Trinajstić information content (AvgIpc) is 3.11. The number of hydrogen-bond acceptors (Lipinski definition) is 2. The van der Waals surface area contributed by atoms with Crippen LogP contribution in [-0.2, 0) is 0 Å². The molecule has 0 saturated heterocycles. The van der Waals surface area contributed by atoms with E-state index >= 15 is 0 Å². The van der Waals surface area contributed by atoms with Crippen LogP contribution >= 0.6 is 0 Å². The zero-order valence-corrected chi connectivity index (χ0v) is 13.6. The molecule has 0 aliphatic heterocycles. The lowest BCUT2D eigenvalue weighted by molar-refractivity contribution is 0.249. The van der Waals surface area contributed by atoms with Crippen LogP contribution in [0.15, 0.2) is 28.9 Å². The smallest absolute Gasteiger partial charge is 0.332 e. The van der Waals surface area contributed by atoms with Gasteiger partial charge in [-0.2, -0.15) is 5.10 Å². The van der Waals surface area contributed by atoms with Crippen LogP contribution in [0.5, 0.6) is 0 Å². The third kappa shape index (κ3) is 2.71. The number of nitrogens with two attached hydrogens (primary N) is 1. The zero-order chi connectivity index (χ0) is 15.7. The van der Waals surface area contributed by atoms with Gasteiger partial charge in [0.25, 0.3) is 0 Å². The number of allylic oxidation sites excluding steroid dienone is 4. The second-order valence-electron chi connectivity index (χ2n) is 7.02. The van der Waals surface area contributed by atoms with Crippen molar-refractivity contribution in [2.75, 3.05) is 0 Å². The fraction of sp³-hybridized carbons (Fsp3) is 0.667. The third-order valence-electron chi connectivity index (χ3n) is 5.90. The first kappa shape index (κ1) is 15.3. The first-order chi connectivity index (χ1) is 10.6. The van der Waals surface area contributed by atoms with Crippen LogP contribution < -0.4 is 11.2 Å². The van der Waals surface area contributed by atoms with Gasteiger partial charge in [0.05, 0.1) is 0 Å². The van der Waals surface area contributed by atoms with Crippen molar-refractivity contribution in [1.82, 2.24) is 5.43 Å². The van der Waals surface area contributed by atoms with Gasteiger partial charge < -0.3 is 5.73 Å². The van der Waals surface area contributed by atoms with Gasteiger partial charge in [-0.1, -0.05) is 37.1 Å². The molecular formula is C18H27N3O. The summed E-state index contributed by atoms with van der Waals surface area (Å²) in [4.78, 5) is 11.2. The molecule has 0 radical (unpaired) electrons. The summed E-state index contributed by atoms with van der Waals surface area (Å²) in [7, 11) is 0. The highest BCUT2D eigenvalue weighted by atomic mass is 16.2. The number of carbonyl (C=O) groups excluding carboxylic acids is 1. The Morgan fingerprint density at radius 3 is 2.95 bits per heavy atom. The monoisotopic (exact) mass is 301 g/mol. The minimum atomic E-state index is -0.563. The molecule has 3 N–H and O–H groups in total. The highest BCUT2D eigenvalue weighted by Crippen LogP contribution is 2.48. The fourth-order valence-corrected chi connectivity index (χ4v) is 4.80. The fourth-order valence-electron chi connectivity index (χ4n) is 4.80. The maximum Gasteiger partial charge on any atom is 0.332 e. The SMILES string of the molecule is CC[C@H]1CC[C@H]2CC=C(C)[C@H]3C=CC[C@H]3/C(=N/NC(N)=O)[C@H]21. The Bertz CT molecular complexity index is 534. The molecule has 4 heteroatoms. The number of rotatable bonds is 2. The van der Waals surface area contributed by atoms with E-state index in [0.29, 0.717) is 29.6 Å². The number of hydrazone groups is 1. The van der Waals surface area contributed by atoms with Gasteiger partial charge in [-0.25, -0.2) is 10.2 Å². The Balaban J connectivity index is 2.00. The number of nitrogens with one attached hydrogen (secondary N) is 1. The molecule has 3 aliphatic rings. The zero-order valence-electron chi connectivity index (χ0n) is 13.6. The Kier molecular flexibility index (Phi) is 4.37. The second kappa shape index (κ2) is 6.27. The van der Waals surface area contributed by atoms with E-state index < -0.39 is 6.03 Å². The van der Waals surface area contributed by atoms with E-state index in [1.807, 2.05) is 0 Å². The molecule has 120 valence electrons. The minimum absolute atomic E-state index is 0.392.